The molecule has 2 rings (SSSR count). The summed E-state index contributed by atoms with van der Waals surface area (Å²) in [5.74, 6) is 0.754. The van der Waals surface area contributed by atoms with Crippen molar-refractivity contribution in [3.63, 3.8) is 0 Å². The molecule has 1 fully saturated rings. The highest BCUT2D eigenvalue weighted by Gasteiger charge is 2.17. The Morgan fingerprint density at radius 1 is 1.33 bits per heavy atom. The lowest BCUT2D eigenvalue weighted by molar-refractivity contribution is -0.117. The number of aryl methyl sites for hydroxylation is 1. The second-order valence-electron chi connectivity index (χ2n) is 6.34. The van der Waals surface area contributed by atoms with Gasteiger partial charge in [-0.1, -0.05) is 25.3 Å². The maximum absolute atomic E-state index is 12.1. The van der Waals surface area contributed by atoms with E-state index in [0.29, 0.717) is 17.9 Å². The Morgan fingerprint density at radius 3 is 2.71 bits per heavy atom. The standard InChI is InChI=1S/C17H27N3O/c1-13-8-9-16(15(18)10-13)19-17(21)12-20(2)11-14-6-4-3-5-7-14/h8-10,14H,3-7,11-12,18H2,1-2H3,(H,19,21). The van der Waals surface area contributed by atoms with Crippen molar-refractivity contribution in [3.05, 3.63) is 23.8 Å². The fourth-order valence-corrected chi connectivity index (χ4v) is 3.11. The number of nitrogens with two attached hydrogens (primary N) is 1. The van der Waals surface area contributed by atoms with Gasteiger partial charge in [-0.2, -0.15) is 0 Å². The number of hydrogen-bond acceptors (Lipinski definition) is 3. The van der Waals surface area contributed by atoms with Crippen LogP contribution in [0.1, 0.15) is 37.7 Å². The summed E-state index contributed by atoms with van der Waals surface area (Å²) in [7, 11) is 2.02. The van der Waals surface area contributed by atoms with Crippen LogP contribution in [0, 0.1) is 12.8 Å². The van der Waals surface area contributed by atoms with E-state index in [-0.39, 0.29) is 5.91 Å². The Labute approximate surface area is 127 Å². The maximum Gasteiger partial charge on any atom is 0.238 e. The maximum atomic E-state index is 12.1. The normalized spacial score (nSPS) is 16.1. The lowest BCUT2D eigenvalue weighted by atomic mass is 9.89. The first-order valence-electron chi connectivity index (χ1n) is 7.89. The first-order chi connectivity index (χ1) is 10.0. The van der Waals surface area contributed by atoms with Crippen molar-refractivity contribution in [1.29, 1.82) is 0 Å². The molecular weight excluding hydrogens is 262 g/mol. The average molecular weight is 289 g/mol. The molecular formula is C17H27N3O. The number of rotatable bonds is 5. The van der Waals surface area contributed by atoms with Crippen molar-refractivity contribution in [2.24, 2.45) is 5.92 Å². The lowest BCUT2D eigenvalue weighted by Crippen LogP contribution is -2.34. The van der Waals surface area contributed by atoms with E-state index in [1.165, 1.54) is 32.1 Å². The third kappa shape index (κ3) is 5.05. The van der Waals surface area contributed by atoms with Crippen LogP contribution >= 0.6 is 0 Å². The summed E-state index contributed by atoms with van der Waals surface area (Å²) in [5, 5.41) is 2.90. The van der Waals surface area contributed by atoms with Crippen molar-refractivity contribution < 1.29 is 4.79 Å². The molecule has 1 saturated carbocycles. The molecule has 0 unspecified atom stereocenters. The van der Waals surface area contributed by atoms with Gasteiger partial charge in [-0.3, -0.25) is 9.69 Å². The van der Waals surface area contributed by atoms with E-state index in [4.69, 9.17) is 5.73 Å². The number of amides is 1. The van der Waals surface area contributed by atoms with Gasteiger partial charge < -0.3 is 11.1 Å². The SMILES string of the molecule is Cc1ccc(NC(=O)CN(C)CC2CCCCC2)c(N)c1. The van der Waals surface area contributed by atoms with Crippen LogP contribution in [0.5, 0.6) is 0 Å². The molecule has 0 aliphatic heterocycles. The average Bonchev–Trinajstić information content (AvgIpc) is 2.43. The van der Waals surface area contributed by atoms with Crippen molar-refractivity contribution in [2.75, 3.05) is 31.2 Å². The van der Waals surface area contributed by atoms with E-state index in [2.05, 4.69) is 10.2 Å². The topological polar surface area (TPSA) is 58.4 Å². The number of anilines is 2. The molecule has 4 nitrogen and oxygen atoms in total. The number of nitrogens with zero attached hydrogens (tertiary/aromatic N) is 1. The Balaban J connectivity index is 1.80. The van der Waals surface area contributed by atoms with E-state index < -0.39 is 0 Å². The summed E-state index contributed by atoms with van der Waals surface area (Å²) in [5.41, 5.74) is 8.35. The highest BCUT2D eigenvalue weighted by molar-refractivity contribution is 5.95. The van der Waals surface area contributed by atoms with Crippen molar-refractivity contribution in [1.82, 2.24) is 4.90 Å². The molecule has 0 saturated heterocycles. The number of nitrogen functional groups attached to an aromatic ring is 1. The predicted octanol–water partition coefficient (Wildman–Crippen LogP) is 3.03. The largest absolute Gasteiger partial charge is 0.397 e. The number of likely N-dealkylation sites (N-methyl/N-ethyl adjacent to an activating group) is 1. The molecule has 1 aromatic carbocycles. The Bertz CT molecular complexity index is 481. The van der Waals surface area contributed by atoms with Gasteiger partial charge in [0.05, 0.1) is 17.9 Å². The monoisotopic (exact) mass is 289 g/mol. The van der Waals surface area contributed by atoms with Gasteiger partial charge in [0.2, 0.25) is 5.91 Å². The Morgan fingerprint density at radius 2 is 2.05 bits per heavy atom. The Kier molecular flexibility index (Phi) is 5.62. The molecule has 1 aliphatic rings. The quantitative estimate of drug-likeness (QED) is 0.819. The van der Waals surface area contributed by atoms with Crippen LogP contribution in [0.3, 0.4) is 0 Å². The van der Waals surface area contributed by atoms with Gasteiger partial charge >= 0.3 is 0 Å². The fourth-order valence-electron chi connectivity index (χ4n) is 3.11. The summed E-state index contributed by atoms with van der Waals surface area (Å²) in [6, 6.07) is 5.70. The predicted molar refractivity (Wildman–Crippen MR) is 88.3 cm³/mol. The molecule has 1 aromatic rings. The van der Waals surface area contributed by atoms with Crippen LogP contribution in [-0.4, -0.2) is 30.9 Å². The molecule has 116 valence electrons. The minimum absolute atomic E-state index is 0.00358. The highest BCUT2D eigenvalue weighted by Crippen LogP contribution is 2.24. The van der Waals surface area contributed by atoms with E-state index >= 15 is 0 Å². The zero-order valence-corrected chi connectivity index (χ0v) is 13.2. The number of hydrogen-bond donors (Lipinski definition) is 2. The van der Waals surface area contributed by atoms with E-state index in [1.54, 1.807) is 0 Å². The molecule has 4 heteroatoms. The molecule has 1 aliphatic carbocycles. The van der Waals surface area contributed by atoms with Crippen LogP contribution < -0.4 is 11.1 Å². The highest BCUT2D eigenvalue weighted by atomic mass is 16.2. The van der Waals surface area contributed by atoms with Crippen molar-refractivity contribution >= 4 is 17.3 Å². The van der Waals surface area contributed by atoms with Gasteiger partial charge in [0, 0.05) is 6.54 Å². The zero-order chi connectivity index (χ0) is 15.2. The molecule has 21 heavy (non-hydrogen) atoms. The Hall–Kier alpha value is -1.55. The minimum Gasteiger partial charge on any atom is -0.397 e. The van der Waals surface area contributed by atoms with Crippen LogP contribution in [0.2, 0.25) is 0 Å². The molecule has 0 atom stereocenters. The second-order valence-corrected chi connectivity index (χ2v) is 6.34. The first kappa shape index (κ1) is 15.8. The van der Waals surface area contributed by atoms with Crippen LogP contribution in [0.15, 0.2) is 18.2 Å². The molecule has 0 spiro atoms. The van der Waals surface area contributed by atoms with Crippen LogP contribution in [0.4, 0.5) is 11.4 Å². The van der Waals surface area contributed by atoms with Gasteiger partial charge in [0.15, 0.2) is 0 Å². The summed E-state index contributed by atoms with van der Waals surface area (Å²) >= 11 is 0. The third-order valence-electron chi connectivity index (χ3n) is 4.19. The molecule has 1 amide bonds. The molecule has 0 bridgehead atoms. The number of carbonyl (C=O) groups is 1. The molecule has 3 N–H and O–H groups in total. The van der Waals surface area contributed by atoms with Crippen LogP contribution in [0.25, 0.3) is 0 Å². The number of nitrogens with one attached hydrogen (secondary N) is 1. The molecule has 0 radical (unpaired) electrons. The van der Waals surface area contributed by atoms with E-state index in [9.17, 15) is 4.79 Å². The van der Waals surface area contributed by atoms with Crippen molar-refractivity contribution in [2.45, 2.75) is 39.0 Å². The van der Waals surface area contributed by atoms with Crippen LogP contribution in [-0.2, 0) is 4.79 Å². The molecule has 0 aromatic heterocycles. The van der Waals surface area contributed by atoms with E-state index in [1.807, 2.05) is 32.2 Å². The summed E-state index contributed by atoms with van der Waals surface area (Å²) in [4.78, 5) is 14.2. The number of benzene rings is 1. The summed E-state index contributed by atoms with van der Waals surface area (Å²) in [6.45, 7) is 3.42. The summed E-state index contributed by atoms with van der Waals surface area (Å²) < 4.78 is 0. The molecule has 0 heterocycles. The second kappa shape index (κ2) is 7.46. The van der Waals surface area contributed by atoms with E-state index in [0.717, 1.165) is 18.0 Å². The summed E-state index contributed by atoms with van der Waals surface area (Å²) in [6.07, 6.45) is 6.65. The smallest absolute Gasteiger partial charge is 0.238 e. The third-order valence-corrected chi connectivity index (χ3v) is 4.19. The van der Waals surface area contributed by atoms with Gasteiger partial charge in [0.25, 0.3) is 0 Å². The first-order valence-corrected chi connectivity index (χ1v) is 7.89. The van der Waals surface area contributed by atoms with Gasteiger partial charge in [-0.05, 0) is 50.4 Å². The van der Waals surface area contributed by atoms with Gasteiger partial charge in [-0.25, -0.2) is 0 Å². The van der Waals surface area contributed by atoms with Gasteiger partial charge in [0.1, 0.15) is 0 Å². The van der Waals surface area contributed by atoms with Crippen molar-refractivity contribution in [3.8, 4) is 0 Å². The fraction of sp³-hybridized carbons (Fsp3) is 0.588. The minimum atomic E-state index is 0.00358. The number of carbonyl (C=O) groups excluding carboxylic acids is 1. The van der Waals surface area contributed by atoms with Gasteiger partial charge in [-0.15, -0.1) is 0 Å². The zero-order valence-electron chi connectivity index (χ0n) is 13.2. The lowest BCUT2D eigenvalue weighted by Gasteiger charge is -2.26.